The Kier molecular flexibility index (Phi) is 3.03. The molecule has 1 saturated carbocycles. The molecule has 2 fully saturated rings. The Morgan fingerprint density at radius 1 is 1.58 bits per heavy atom. The van der Waals surface area contributed by atoms with Crippen LogP contribution >= 0.6 is 0 Å². The molecule has 1 saturated heterocycles. The summed E-state index contributed by atoms with van der Waals surface area (Å²) < 4.78 is 0. The van der Waals surface area contributed by atoms with Crippen LogP contribution in [0.15, 0.2) is 18.3 Å². The molecular weight excluding hydrogens is 242 g/mol. The average molecular weight is 261 g/mol. The van der Waals surface area contributed by atoms with Crippen molar-refractivity contribution in [2.45, 2.75) is 24.8 Å². The van der Waals surface area contributed by atoms with E-state index in [1.54, 1.807) is 6.07 Å². The molecular formula is C14H19N3O2. The highest BCUT2D eigenvalue weighted by molar-refractivity contribution is 5.95. The minimum atomic E-state index is -0.0807. The number of nitrogens with zero attached hydrogens (tertiary/aromatic N) is 2. The second-order valence-electron chi connectivity index (χ2n) is 5.82. The van der Waals surface area contributed by atoms with E-state index in [2.05, 4.69) is 9.88 Å². The second kappa shape index (κ2) is 4.58. The van der Waals surface area contributed by atoms with Gasteiger partial charge >= 0.3 is 0 Å². The third kappa shape index (κ3) is 2.35. The number of nitrogens with two attached hydrogens (primary N) is 1. The number of hydrogen-bond acceptors (Lipinski definition) is 5. The van der Waals surface area contributed by atoms with E-state index in [-0.39, 0.29) is 17.1 Å². The van der Waals surface area contributed by atoms with Crippen LogP contribution in [-0.4, -0.2) is 45.9 Å². The van der Waals surface area contributed by atoms with E-state index < -0.39 is 0 Å². The molecule has 0 bridgehead atoms. The van der Waals surface area contributed by atoms with Crippen molar-refractivity contribution in [2.24, 2.45) is 11.7 Å². The van der Waals surface area contributed by atoms with Crippen molar-refractivity contribution >= 4 is 5.78 Å². The predicted octanol–water partition coefficient (Wildman–Crippen LogP) is 0.783. The molecule has 19 heavy (non-hydrogen) atoms. The summed E-state index contributed by atoms with van der Waals surface area (Å²) >= 11 is 0. The van der Waals surface area contributed by atoms with Gasteiger partial charge in [0.15, 0.2) is 5.78 Å². The second-order valence-corrected chi connectivity index (χ2v) is 5.82. The summed E-state index contributed by atoms with van der Waals surface area (Å²) in [6.07, 6.45) is 4.76. The molecule has 1 aromatic rings. The fourth-order valence-electron chi connectivity index (χ4n) is 3.40. The molecule has 1 aliphatic heterocycles. The van der Waals surface area contributed by atoms with E-state index in [4.69, 9.17) is 10.8 Å². The summed E-state index contributed by atoms with van der Waals surface area (Å²) in [7, 11) is 0. The number of fused-ring (bicyclic) bond motifs is 1. The smallest absolute Gasteiger partial charge is 0.195 e. The van der Waals surface area contributed by atoms with Crippen LogP contribution in [0.5, 0.6) is 5.75 Å². The van der Waals surface area contributed by atoms with Gasteiger partial charge in [-0.15, -0.1) is 0 Å². The monoisotopic (exact) mass is 261 g/mol. The topological polar surface area (TPSA) is 79.5 Å². The summed E-state index contributed by atoms with van der Waals surface area (Å²) in [4.78, 5) is 18.2. The number of rotatable bonds is 3. The van der Waals surface area contributed by atoms with Gasteiger partial charge in [0.1, 0.15) is 11.4 Å². The van der Waals surface area contributed by atoms with Crippen LogP contribution in [0.1, 0.15) is 29.8 Å². The Labute approximate surface area is 112 Å². The lowest BCUT2D eigenvalue weighted by atomic mass is 9.92. The van der Waals surface area contributed by atoms with Crippen LogP contribution < -0.4 is 5.73 Å². The number of aromatic nitrogens is 1. The molecule has 1 aromatic heterocycles. The normalized spacial score (nSPS) is 30.5. The highest BCUT2D eigenvalue weighted by Gasteiger charge is 2.46. The molecule has 1 aliphatic carbocycles. The zero-order valence-corrected chi connectivity index (χ0v) is 10.9. The summed E-state index contributed by atoms with van der Waals surface area (Å²) in [5, 5.41) is 9.16. The number of aromatic hydroxyl groups is 1. The van der Waals surface area contributed by atoms with Crippen molar-refractivity contribution in [1.29, 1.82) is 0 Å². The van der Waals surface area contributed by atoms with Crippen molar-refractivity contribution in [2.75, 3.05) is 19.6 Å². The molecule has 3 N–H and O–H groups in total. The number of Topliss-reactive ketones (excluding diaryl/α,β-unsaturated/α-hetero) is 1. The maximum absolute atomic E-state index is 12.1. The van der Waals surface area contributed by atoms with Gasteiger partial charge in [0.2, 0.25) is 0 Å². The fourth-order valence-corrected chi connectivity index (χ4v) is 3.40. The zero-order chi connectivity index (χ0) is 13.5. The fraction of sp³-hybridized carbons (Fsp3) is 0.571. The summed E-state index contributed by atoms with van der Waals surface area (Å²) in [6.45, 7) is 2.09. The van der Waals surface area contributed by atoms with Crippen molar-refractivity contribution < 1.29 is 9.90 Å². The van der Waals surface area contributed by atoms with E-state index in [0.29, 0.717) is 18.2 Å². The van der Waals surface area contributed by atoms with E-state index in [1.165, 1.54) is 25.1 Å². The standard InChI is InChI=1S/C14H19N3O2/c15-14-5-1-2-10(14)7-17(9-14)8-13(19)12-4-3-11(18)6-16-12/h3-4,6,10,18H,1-2,5,7-9,15H2/t10-,14-/m1/s1. The van der Waals surface area contributed by atoms with Gasteiger partial charge in [-0.2, -0.15) is 0 Å². The first kappa shape index (κ1) is 12.6. The largest absolute Gasteiger partial charge is 0.506 e. The average Bonchev–Trinajstić information content (AvgIpc) is 2.84. The lowest BCUT2D eigenvalue weighted by Gasteiger charge is -2.22. The Morgan fingerprint density at radius 2 is 2.42 bits per heavy atom. The quantitative estimate of drug-likeness (QED) is 0.786. The van der Waals surface area contributed by atoms with Crippen LogP contribution in [0.25, 0.3) is 0 Å². The Bertz CT molecular complexity index is 488. The molecule has 2 atom stereocenters. The van der Waals surface area contributed by atoms with Crippen molar-refractivity contribution in [1.82, 2.24) is 9.88 Å². The Balaban J connectivity index is 1.63. The predicted molar refractivity (Wildman–Crippen MR) is 70.9 cm³/mol. The van der Waals surface area contributed by atoms with Gasteiger partial charge in [0, 0.05) is 18.6 Å². The molecule has 0 spiro atoms. The summed E-state index contributed by atoms with van der Waals surface area (Å²) in [5.74, 6) is 0.602. The highest BCUT2D eigenvalue weighted by atomic mass is 16.3. The number of hydrogen-bond donors (Lipinski definition) is 2. The third-order valence-corrected chi connectivity index (χ3v) is 4.41. The maximum atomic E-state index is 12.1. The summed E-state index contributed by atoms with van der Waals surface area (Å²) in [6, 6.07) is 3.05. The van der Waals surface area contributed by atoms with Crippen molar-refractivity contribution in [3.8, 4) is 5.75 Å². The minimum absolute atomic E-state index is 0.0106. The summed E-state index contributed by atoms with van der Waals surface area (Å²) in [5.41, 5.74) is 6.71. The SMILES string of the molecule is N[C@@]12CCC[C@@H]1CN(CC(=O)c1ccc(O)cn1)C2. The van der Waals surface area contributed by atoms with Crippen LogP contribution in [0.3, 0.4) is 0 Å². The van der Waals surface area contributed by atoms with Crippen LogP contribution in [0.4, 0.5) is 0 Å². The van der Waals surface area contributed by atoms with Crippen molar-refractivity contribution in [3.63, 3.8) is 0 Å². The molecule has 2 aliphatic rings. The van der Waals surface area contributed by atoms with Gasteiger partial charge in [-0.05, 0) is 30.9 Å². The van der Waals surface area contributed by atoms with Gasteiger partial charge in [0.25, 0.3) is 0 Å². The lowest BCUT2D eigenvalue weighted by Crippen LogP contribution is -2.44. The maximum Gasteiger partial charge on any atom is 0.195 e. The molecule has 0 aromatic carbocycles. The first-order valence-corrected chi connectivity index (χ1v) is 6.76. The third-order valence-electron chi connectivity index (χ3n) is 4.41. The molecule has 3 rings (SSSR count). The number of pyridine rings is 1. The molecule has 5 heteroatoms. The molecule has 0 radical (unpaired) electrons. The number of carbonyl (C=O) groups excluding carboxylic acids is 1. The molecule has 0 amide bonds. The Hall–Kier alpha value is -1.46. The van der Waals surface area contributed by atoms with E-state index >= 15 is 0 Å². The van der Waals surface area contributed by atoms with Crippen LogP contribution in [0.2, 0.25) is 0 Å². The number of carbonyl (C=O) groups is 1. The molecule has 5 nitrogen and oxygen atoms in total. The number of likely N-dealkylation sites (tertiary alicyclic amines) is 1. The minimum Gasteiger partial charge on any atom is -0.506 e. The van der Waals surface area contributed by atoms with E-state index in [1.807, 2.05) is 0 Å². The Morgan fingerprint density at radius 3 is 3.11 bits per heavy atom. The molecule has 102 valence electrons. The number of ketones is 1. The van der Waals surface area contributed by atoms with Crippen LogP contribution in [-0.2, 0) is 0 Å². The zero-order valence-electron chi connectivity index (χ0n) is 10.9. The first-order valence-electron chi connectivity index (χ1n) is 6.76. The van der Waals surface area contributed by atoms with Crippen molar-refractivity contribution in [3.05, 3.63) is 24.0 Å². The van der Waals surface area contributed by atoms with Gasteiger partial charge < -0.3 is 10.8 Å². The van der Waals surface area contributed by atoms with E-state index in [0.717, 1.165) is 19.5 Å². The first-order chi connectivity index (χ1) is 9.07. The molecule has 0 unspecified atom stereocenters. The van der Waals surface area contributed by atoms with Gasteiger partial charge in [0.05, 0.1) is 12.7 Å². The van der Waals surface area contributed by atoms with Gasteiger partial charge in [-0.1, -0.05) is 6.42 Å². The van der Waals surface area contributed by atoms with Gasteiger partial charge in [-0.25, -0.2) is 4.98 Å². The van der Waals surface area contributed by atoms with E-state index in [9.17, 15) is 4.79 Å². The highest BCUT2D eigenvalue weighted by Crippen LogP contribution is 2.39. The van der Waals surface area contributed by atoms with Gasteiger partial charge in [-0.3, -0.25) is 9.69 Å². The van der Waals surface area contributed by atoms with Crippen LogP contribution in [0, 0.1) is 5.92 Å². The lowest BCUT2D eigenvalue weighted by molar-refractivity contribution is 0.0935. The molecule has 2 heterocycles.